The van der Waals surface area contributed by atoms with Crippen LogP contribution in [0.5, 0.6) is 0 Å². The second-order valence-corrected chi connectivity index (χ2v) is 20.8. The van der Waals surface area contributed by atoms with Gasteiger partial charge in [0.2, 0.25) is 17.7 Å². The fourth-order valence-corrected chi connectivity index (χ4v) is 9.03. The Bertz CT molecular complexity index is 2470. The molecule has 1 heterocycles. The number of nitrogens with zero attached hydrogens (tertiary/aromatic N) is 5. The fourth-order valence-electron chi connectivity index (χ4n) is 8.23. The number of Topliss-reactive ketones (excluding diaryl/α,β-unsaturated/α-hetero) is 1. The first-order valence-electron chi connectivity index (χ1n) is 27.3. The Morgan fingerprint density at radius 2 is 1.20 bits per heavy atom. The summed E-state index contributed by atoms with van der Waals surface area (Å²) in [4.78, 5) is 122. The van der Waals surface area contributed by atoms with Crippen molar-refractivity contribution in [3.8, 4) is 0 Å². The summed E-state index contributed by atoms with van der Waals surface area (Å²) in [7, 11) is 0. The normalized spacial score (nSPS) is 14.3. The molecule has 472 valence electrons. The fraction of sp³-hybridized carbons (Fsp3) is 0.574. The first-order chi connectivity index (χ1) is 40.3. The van der Waals surface area contributed by atoms with Gasteiger partial charge in [-0.2, -0.15) is 16.8 Å². The van der Waals surface area contributed by atoms with Gasteiger partial charge >= 0.3 is 23.9 Å². The van der Waals surface area contributed by atoms with Gasteiger partial charge in [-0.25, -0.2) is 4.79 Å². The molecular formula is C54H79GdN11O16S3. The molecule has 0 spiro atoms. The maximum absolute atomic E-state index is 13.4. The minimum atomic E-state index is -1.20. The first kappa shape index (κ1) is 75.9. The number of unbranched alkanes of at least 4 members (excludes halogenated alkanes) is 1. The predicted molar refractivity (Wildman–Crippen MR) is 320 cm³/mol. The monoisotopic (exact) mass is 1390 g/mol. The van der Waals surface area contributed by atoms with Crippen molar-refractivity contribution in [3.05, 3.63) is 59.7 Å². The number of isothiocyanates is 1. The molecule has 2 aromatic carbocycles. The molecule has 0 saturated carbocycles. The Labute approximate surface area is 541 Å². The smallest absolute Gasteiger partial charge is 0.326 e. The number of nitrogens with one attached hydrogen (secondary N) is 6. The van der Waals surface area contributed by atoms with Crippen LogP contribution in [0.25, 0.3) is 0 Å². The van der Waals surface area contributed by atoms with Crippen molar-refractivity contribution in [1.82, 2.24) is 46.2 Å². The quantitative estimate of drug-likeness (QED) is 0.0249. The van der Waals surface area contributed by atoms with Gasteiger partial charge in [0.15, 0.2) is 10.9 Å². The third-order valence-electron chi connectivity index (χ3n) is 12.6. The number of carboxylic acid groups (broad SMARTS) is 4. The van der Waals surface area contributed by atoms with E-state index in [0.717, 1.165) is 5.69 Å². The first-order valence-corrected chi connectivity index (χ1v) is 29.5. The van der Waals surface area contributed by atoms with E-state index < -0.39 is 53.7 Å². The molecule has 31 heteroatoms. The largest absolute Gasteiger partial charge is 0.480 e. The SMILES string of the molecule is CSCC[C@H](NC(=O)c1cccc(CNC(=O)COCCOCCOCCNC(=O)CN2CCN(CC(=O)O)CCN(CC(=O)O)CCN(CC(=O)O)CC2)c1)C(=O)CCC(=O)N[C@@H](CCCCNC(=S)Nc1ccc(N=C=S)cc1)C(=O)O.[Gd]. The molecule has 1 saturated heterocycles. The third kappa shape index (κ3) is 35.9. The van der Waals surface area contributed by atoms with E-state index in [-0.39, 0.29) is 195 Å². The Hall–Kier alpha value is -5.25. The number of aliphatic imine (C=N–C) groups is 1. The molecule has 0 radical (unpaired) electrons. The third-order valence-corrected chi connectivity index (χ3v) is 13.6. The molecule has 2 atom stereocenters. The van der Waals surface area contributed by atoms with Crippen molar-refractivity contribution in [1.29, 1.82) is 0 Å². The predicted octanol–water partition coefficient (Wildman–Crippen LogP) is 0.606. The molecule has 2 aromatic rings. The number of benzene rings is 2. The molecule has 3 rings (SSSR count). The van der Waals surface area contributed by atoms with Crippen LogP contribution in [0.2, 0.25) is 0 Å². The summed E-state index contributed by atoms with van der Waals surface area (Å²) in [5.41, 5.74) is 2.26. The van der Waals surface area contributed by atoms with E-state index in [9.17, 15) is 63.6 Å². The van der Waals surface area contributed by atoms with Crippen molar-refractivity contribution in [2.24, 2.45) is 4.99 Å². The van der Waals surface area contributed by atoms with E-state index in [1.54, 1.807) is 63.2 Å². The van der Waals surface area contributed by atoms with Crippen LogP contribution >= 0.6 is 36.2 Å². The molecule has 10 N–H and O–H groups in total. The number of ketones is 1. The number of carboxylic acids is 4. The summed E-state index contributed by atoms with van der Waals surface area (Å²) in [6.07, 6.45) is 2.85. The van der Waals surface area contributed by atoms with Gasteiger partial charge in [-0.05, 0) is 104 Å². The van der Waals surface area contributed by atoms with Crippen molar-refractivity contribution >= 4 is 111 Å². The number of hydrogen-bond donors (Lipinski definition) is 10. The van der Waals surface area contributed by atoms with Crippen LogP contribution in [-0.4, -0.2) is 259 Å². The van der Waals surface area contributed by atoms with E-state index >= 15 is 0 Å². The second-order valence-electron chi connectivity index (χ2n) is 19.2. The van der Waals surface area contributed by atoms with E-state index in [1.807, 2.05) is 11.2 Å². The molecule has 1 aliphatic rings. The van der Waals surface area contributed by atoms with Crippen LogP contribution in [0.1, 0.15) is 54.4 Å². The second kappa shape index (κ2) is 45.1. The molecule has 0 aliphatic carbocycles. The minimum Gasteiger partial charge on any atom is -0.480 e. The molecule has 0 bridgehead atoms. The molecular weight excluding hydrogens is 1310 g/mol. The summed E-state index contributed by atoms with van der Waals surface area (Å²) in [6, 6.07) is 11.5. The van der Waals surface area contributed by atoms with Crippen LogP contribution in [0.15, 0.2) is 53.5 Å². The van der Waals surface area contributed by atoms with Crippen LogP contribution in [0, 0.1) is 39.9 Å². The standard InChI is InChI=1S/C54H79N11O16S3.Gd/c1-84-30-14-43(45(66)12-13-46(67)60-44(53(77)78)7-2-3-15-56-54(83)59-42-10-8-41(9-11-42)58-38-82)61-52(76)40-6-4-5-39(31-40)32-57-48(69)37-81-29-28-80-27-26-79-25-16-55-47(68)33-62-17-19-63(34-49(70)71)21-23-65(36-51(74)75)24-22-64(20-18-62)35-50(72)73;/h4-6,8-11,31,43-44H,2-3,7,12-30,32-37H2,1H3,(H,55,68)(H,57,69)(H,60,67)(H,61,76)(H,70,71)(H,72,73)(H,74,75)(H,77,78)(H2,56,59,83);/t43-,44-;/m0./s1. The van der Waals surface area contributed by atoms with E-state index in [0.29, 0.717) is 61.0 Å². The maximum atomic E-state index is 13.4. The zero-order valence-corrected chi connectivity index (χ0v) is 52.3. The van der Waals surface area contributed by atoms with Gasteiger partial charge in [0.1, 0.15) is 12.6 Å². The van der Waals surface area contributed by atoms with E-state index in [1.165, 1.54) is 11.8 Å². The van der Waals surface area contributed by atoms with E-state index in [2.05, 4.69) is 54.3 Å². The zero-order chi connectivity index (χ0) is 61.5. The molecule has 0 aromatic heterocycles. The van der Waals surface area contributed by atoms with Gasteiger partial charge in [-0.1, -0.05) is 12.1 Å². The number of rotatable bonds is 39. The molecule has 1 aliphatic heterocycles. The number of thiocarbonyl (C=S) groups is 2. The Morgan fingerprint density at radius 3 is 1.75 bits per heavy atom. The van der Waals surface area contributed by atoms with Crippen LogP contribution in [0.3, 0.4) is 0 Å². The van der Waals surface area contributed by atoms with Gasteiger partial charge in [0.25, 0.3) is 5.91 Å². The average molecular weight is 1390 g/mol. The van der Waals surface area contributed by atoms with Crippen molar-refractivity contribution in [2.45, 2.75) is 57.2 Å². The Morgan fingerprint density at radius 1 is 0.635 bits per heavy atom. The van der Waals surface area contributed by atoms with Crippen molar-refractivity contribution < 1.29 is 118 Å². The Kier molecular flexibility index (Phi) is 40.2. The average Bonchev–Trinajstić information content (AvgIpc) is 3.49. The number of ether oxygens (including phenoxy) is 3. The summed E-state index contributed by atoms with van der Waals surface area (Å²) < 4.78 is 16.5. The maximum Gasteiger partial charge on any atom is 0.326 e. The number of aliphatic carboxylic acids is 4. The van der Waals surface area contributed by atoms with Crippen LogP contribution < -0.4 is 31.9 Å². The van der Waals surface area contributed by atoms with Crippen molar-refractivity contribution in [2.75, 3.05) is 149 Å². The van der Waals surface area contributed by atoms with Crippen LogP contribution in [-0.2, 0) is 59.1 Å². The number of carbonyl (C=O) groups is 9. The van der Waals surface area contributed by atoms with Gasteiger partial charge in [-0.15, -0.1) is 0 Å². The topological polar surface area (TPSA) is 360 Å². The number of hydrogen-bond acceptors (Lipinski definition) is 20. The summed E-state index contributed by atoms with van der Waals surface area (Å²) in [5, 5.41) is 57.6. The zero-order valence-electron chi connectivity index (χ0n) is 47.6. The van der Waals surface area contributed by atoms with Gasteiger partial charge < -0.3 is 66.5 Å². The van der Waals surface area contributed by atoms with Gasteiger partial charge in [-0.3, -0.25) is 58.0 Å². The molecule has 4 amide bonds. The van der Waals surface area contributed by atoms with Crippen LogP contribution in [0.4, 0.5) is 11.4 Å². The molecule has 85 heavy (non-hydrogen) atoms. The van der Waals surface area contributed by atoms with Gasteiger partial charge in [0.05, 0.1) is 76.1 Å². The minimum absolute atomic E-state index is 0. The molecule has 27 nitrogen and oxygen atoms in total. The number of thioether (sulfide) groups is 1. The number of carbonyl (C=O) groups excluding carboxylic acids is 5. The summed E-state index contributed by atoms with van der Waals surface area (Å²) in [6.45, 7) is 2.83. The van der Waals surface area contributed by atoms with E-state index in [4.69, 9.17) is 26.4 Å². The van der Waals surface area contributed by atoms with Gasteiger partial charge in [0, 0.05) is 136 Å². The number of anilines is 1. The summed E-state index contributed by atoms with van der Waals surface area (Å²) >= 11 is 11.4. The molecule has 1 fully saturated rings. The molecule has 0 unspecified atom stereocenters. The summed E-state index contributed by atoms with van der Waals surface area (Å²) in [5.74, 6) is -6.01. The number of amides is 4. The van der Waals surface area contributed by atoms with Crippen molar-refractivity contribution in [3.63, 3.8) is 0 Å². The Balaban J connectivity index is 0.0000247.